The monoisotopic (exact) mass is 608 g/mol. The molecule has 1 saturated carbocycles. The summed E-state index contributed by atoms with van der Waals surface area (Å²) in [5.41, 5.74) is -0.254. The number of nitrogens with zero attached hydrogens (tertiary/aromatic N) is 4. The van der Waals surface area contributed by atoms with E-state index in [2.05, 4.69) is 4.90 Å². The maximum Gasteiger partial charge on any atom is 0.416 e. The summed E-state index contributed by atoms with van der Waals surface area (Å²) in [7, 11) is 6.70. The highest BCUT2D eigenvalue weighted by molar-refractivity contribution is 5.86. The molecule has 0 radical (unpaired) electrons. The number of halogens is 3. The molecule has 43 heavy (non-hydrogen) atoms. The van der Waals surface area contributed by atoms with E-state index in [-0.39, 0.29) is 29.6 Å². The minimum Gasteiger partial charge on any atom is -0.384 e. The molecular formula is C32H47F3N4O4. The van der Waals surface area contributed by atoms with Crippen molar-refractivity contribution in [3.8, 4) is 0 Å². The van der Waals surface area contributed by atoms with E-state index in [1.54, 1.807) is 39.3 Å². The predicted octanol–water partition coefficient (Wildman–Crippen LogP) is 4.23. The fourth-order valence-electron chi connectivity index (χ4n) is 7.92. The van der Waals surface area contributed by atoms with Crippen LogP contribution in [0.5, 0.6) is 0 Å². The average Bonchev–Trinajstić information content (AvgIpc) is 3.76. The van der Waals surface area contributed by atoms with Crippen molar-refractivity contribution in [1.82, 2.24) is 14.7 Å². The lowest BCUT2D eigenvalue weighted by Crippen LogP contribution is -2.52. The molecule has 0 bridgehead atoms. The average molecular weight is 609 g/mol. The van der Waals surface area contributed by atoms with Crippen LogP contribution in [0.1, 0.15) is 62.0 Å². The Morgan fingerprint density at radius 1 is 1.02 bits per heavy atom. The first-order chi connectivity index (χ1) is 20.5. The van der Waals surface area contributed by atoms with Gasteiger partial charge >= 0.3 is 6.18 Å². The second-order valence-corrected chi connectivity index (χ2v) is 13.2. The zero-order valence-corrected chi connectivity index (χ0v) is 26.0. The highest BCUT2D eigenvalue weighted by atomic mass is 19.4. The third-order valence-corrected chi connectivity index (χ3v) is 10.4. The van der Waals surface area contributed by atoms with Crippen molar-refractivity contribution in [2.24, 2.45) is 11.8 Å². The van der Waals surface area contributed by atoms with Crippen LogP contribution in [0.15, 0.2) is 18.2 Å². The molecule has 2 amide bonds. The van der Waals surface area contributed by atoms with E-state index in [4.69, 9.17) is 9.47 Å². The number of ether oxygens (including phenoxy) is 2. The Balaban J connectivity index is 1.40. The van der Waals surface area contributed by atoms with Gasteiger partial charge in [0, 0.05) is 97.1 Å². The molecule has 4 fully saturated rings. The molecule has 1 aromatic carbocycles. The Labute approximate surface area is 253 Å². The predicted molar refractivity (Wildman–Crippen MR) is 158 cm³/mol. The van der Waals surface area contributed by atoms with Gasteiger partial charge in [-0.25, -0.2) is 0 Å². The second-order valence-electron chi connectivity index (χ2n) is 13.2. The van der Waals surface area contributed by atoms with Gasteiger partial charge in [-0.3, -0.25) is 14.5 Å². The van der Waals surface area contributed by atoms with Crippen LogP contribution in [0.25, 0.3) is 0 Å². The summed E-state index contributed by atoms with van der Waals surface area (Å²) in [4.78, 5) is 34.6. The van der Waals surface area contributed by atoms with Gasteiger partial charge in [-0.15, -0.1) is 0 Å². The van der Waals surface area contributed by atoms with Gasteiger partial charge in [-0.05, 0) is 49.8 Å². The molecule has 0 spiro atoms. The molecule has 1 aromatic rings. The molecule has 5 rings (SSSR count). The summed E-state index contributed by atoms with van der Waals surface area (Å²) in [6.45, 7) is 3.65. The summed E-state index contributed by atoms with van der Waals surface area (Å²) in [6, 6.07) is 4.51. The van der Waals surface area contributed by atoms with Gasteiger partial charge in [0.05, 0.1) is 12.2 Å². The number of amides is 2. The molecule has 3 saturated heterocycles. The molecule has 1 aliphatic carbocycles. The van der Waals surface area contributed by atoms with Crippen molar-refractivity contribution in [3.05, 3.63) is 29.3 Å². The Morgan fingerprint density at radius 3 is 2.33 bits per heavy atom. The molecule has 3 aliphatic heterocycles. The van der Waals surface area contributed by atoms with Crippen LogP contribution >= 0.6 is 0 Å². The van der Waals surface area contributed by atoms with Crippen LogP contribution in [0.4, 0.5) is 18.9 Å². The Kier molecular flexibility index (Phi) is 9.63. The number of rotatable bonds is 8. The number of carbonyl (C=O) groups is 2. The lowest BCUT2D eigenvalue weighted by atomic mass is 9.86. The third kappa shape index (κ3) is 6.54. The minimum absolute atomic E-state index is 0.0319. The van der Waals surface area contributed by atoms with Gasteiger partial charge in [-0.2, -0.15) is 13.2 Å². The van der Waals surface area contributed by atoms with Crippen LogP contribution in [0.2, 0.25) is 0 Å². The van der Waals surface area contributed by atoms with E-state index in [0.717, 1.165) is 31.0 Å². The van der Waals surface area contributed by atoms with Crippen molar-refractivity contribution >= 4 is 17.5 Å². The standard InChI is InChI=1S/C32H47F3N4O4/c1-36(2)29(40)22-11-14-37(15-12-22)28-17-24(32(33,34)35)9-10-26(28)27-19-39(18-23(27)20-42-3)30(41)31(43-4)13-16-38(21-31)25-7-5-6-8-25/h9-10,17,22-23,25,27H,5-8,11-16,18-21H2,1-4H3/t23-,27+,31-/m1/s1. The summed E-state index contributed by atoms with van der Waals surface area (Å²) in [5.74, 6) is -0.376. The SMILES string of the molecule is COC[C@H]1CN(C(=O)[C@@]2(OC)CCN(C3CCCC3)C2)C[C@@H]1c1ccc(C(F)(F)F)cc1N1CCC(C(=O)N(C)C)CC1. The number of alkyl halides is 3. The topological polar surface area (TPSA) is 65.6 Å². The maximum atomic E-state index is 14.2. The van der Waals surface area contributed by atoms with Gasteiger partial charge in [0.2, 0.25) is 5.91 Å². The highest BCUT2D eigenvalue weighted by Crippen LogP contribution is 2.43. The van der Waals surface area contributed by atoms with E-state index in [1.165, 1.54) is 18.9 Å². The van der Waals surface area contributed by atoms with Gasteiger partial charge in [0.25, 0.3) is 5.91 Å². The van der Waals surface area contributed by atoms with Gasteiger partial charge in [0.15, 0.2) is 5.60 Å². The summed E-state index contributed by atoms with van der Waals surface area (Å²) >= 11 is 0. The molecule has 4 aliphatic rings. The smallest absolute Gasteiger partial charge is 0.384 e. The third-order valence-electron chi connectivity index (χ3n) is 10.4. The van der Waals surface area contributed by atoms with Crippen molar-refractivity contribution in [2.45, 2.75) is 68.7 Å². The van der Waals surface area contributed by atoms with Crippen LogP contribution in [-0.4, -0.2) is 112 Å². The van der Waals surface area contributed by atoms with Crippen molar-refractivity contribution in [3.63, 3.8) is 0 Å². The van der Waals surface area contributed by atoms with E-state index in [9.17, 15) is 22.8 Å². The maximum absolute atomic E-state index is 14.2. The Bertz CT molecular complexity index is 1150. The molecule has 3 heterocycles. The van der Waals surface area contributed by atoms with Gasteiger partial charge in [0.1, 0.15) is 0 Å². The molecule has 8 nitrogen and oxygen atoms in total. The number of piperidine rings is 1. The zero-order valence-electron chi connectivity index (χ0n) is 26.0. The van der Waals surface area contributed by atoms with Crippen LogP contribution in [0, 0.1) is 11.8 Å². The van der Waals surface area contributed by atoms with E-state index < -0.39 is 17.3 Å². The molecule has 240 valence electrons. The largest absolute Gasteiger partial charge is 0.416 e. The molecule has 3 atom stereocenters. The molecule has 0 N–H and O–H groups in total. The Hall–Kier alpha value is -2.37. The first-order valence-electron chi connectivity index (χ1n) is 15.7. The summed E-state index contributed by atoms with van der Waals surface area (Å²) in [6.07, 6.45) is 2.09. The first kappa shape index (κ1) is 32.0. The fraction of sp³-hybridized carbons (Fsp3) is 0.750. The number of benzene rings is 1. The first-order valence-corrected chi connectivity index (χ1v) is 15.7. The van der Waals surface area contributed by atoms with E-state index in [1.807, 2.05) is 9.80 Å². The number of hydrogen-bond acceptors (Lipinski definition) is 6. The Morgan fingerprint density at radius 2 is 1.72 bits per heavy atom. The molecule has 0 aromatic heterocycles. The molecular weight excluding hydrogens is 561 g/mol. The minimum atomic E-state index is -4.48. The lowest BCUT2D eigenvalue weighted by molar-refractivity contribution is -0.153. The number of likely N-dealkylation sites (tertiary alicyclic amines) is 2. The number of methoxy groups -OCH3 is 2. The van der Waals surface area contributed by atoms with E-state index >= 15 is 0 Å². The van der Waals surface area contributed by atoms with Crippen LogP contribution in [0.3, 0.4) is 0 Å². The van der Waals surface area contributed by atoms with Gasteiger partial charge in [-0.1, -0.05) is 18.9 Å². The van der Waals surface area contributed by atoms with E-state index in [0.29, 0.717) is 70.3 Å². The molecule has 11 heteroatoms. The zero-order chi connectivity index (χ0) is 30.9. The molecule has 0 unspecified atom stereocenters. The normalized spacial score (nSPS) is 27.8. The highest BCUT2D eigenvalue weighted by Gasteiger charge is 2.51. The van der Waals surface area contributed by atoms with Crippen LogP contribution in [-0.2, 0) is 25.2 Å². The van der Waals surface area contributed by atoms with Gasteiger partial charge < -0.3 is 24.2 Å². The van der Waals surface area contributed by atoms with Crippen molar-refractivity contribution in [2.75, 3.05) is 79.1 Å². The number of carbonyl (C=O) groups excluding carboxylic acids is 2. The summed E-state index contributed by atoms with van der Waals surface area (Å²) in [5, 5.41) is 0. The van der Waals surface area contributed by atoms with Crippen LogP contribution < -0.4 is 4.90 Å². The fourth-order valence-corrected chi connectivity index (χ4v) is 7.92. The van der Waals surface area contributed by atoms with Crippen molar-refractivity contribution in [1.29, 1.82) is 0 Å². The lowest BCUT2D eigenvalue weighted by Gasteiger charge is -2.36. The van der Waals surface area contributed by atoms with Crippen molar-refractivity contribution < 1.29 is 32.2 Å². The summed E-state index contributed by atoms with van der Waals surface area (Å²) < 4.78 is 53.3. The number of anilines is 1. The second kappa shape index (κ2) is 12.9. The quantitative estimate of drug-likeness (QED) is 0.440. The number of hydrogen-bond donors (Lipinski definition) is 0.